The predicted octanol–water partition coefficient (Wildman–Crippen LogP) is 3.86. The molecule has 0 amide bonds. The van der Waals surface area contributed by atoms with Gasteiger partial charge in [-0.2, -0.15) is 0 Å². The van der Waals surface area contributed by atoms with Crippen LogP contribution in [-0.4, -0.2) is 38.8 Å². The van der Waals surface area contributed by atoms with Crippen LogP contribution in [0, 0.1) is 11.8 Å². The molecule has 0 radical (unpaired) electrons. The summed E-state index contributed by atoms with van der Waals surface area (Å²) in [4.78, 5) is 7.07. The van der Waals surface area contributed by atoms with Crippen molar-refractivity contribution in [3.05, 3.63) is 48.0 Å². The van der Waals surface area contributed by atoms with E-state index in [0.717, 1.165) is 44.0 Å². The molecule has 1 aromatic carbocycles. The van der Waals surface area contributed by atoms with E-state index in [0.29, 0.717) is 6.10 Å². The Kier molecular flexibility index (Phi) is 5.12. The summed E-state index contributed by atoms with van der Waals surface area (Å²) in [7, 11) is 2.00. The van der Waals surface area contributed by atoms with Crippen LogP contribution in [0.15, 0.2) is 36.7 Å². The maximum atomic E-state index is 11.7. The Bertz CT molecular complexity index is 828. The maximum absolute atomic E-state index is 11.7. The van der Waals surface area contributed by atoms with E-state index in [1.165, 1.54) is 37.7 Å². The first kappa shape index (κ1) is 19.1. The van der Waals surface area contributed by atoms with Gasteiger partial charge in [-0.05, 0) is 56.2 Å². The molecule has 1 aromatic heterocycles. The van der Waals surface area contributed by atoms with E-state index in [1.54, 1.807) is 0 Å². The minimum atomic E-state index is -0.791. The number of aliphatic hydroxyl groups is 1. The lowest BCUT2D eigenvalue weighted by Crippen LogP contribution is -2.58. The highest BCUT2D eigenvalue weighted by atomic mass is 16.5. The van der Waals surface area contributed by atoms with Crippen molar-refractivity contribution in [2.45, 2.75) is 63.2 Å². The van der Waals surface area contributed by atoms with Crippen molar-refractivity contribution in [3.8, 4) is 5.75 Å². The number of hydrogen-bond donors (Lipinski definition) is 1. The van der Waals surface area contributed by atoms with Crippen LogP contribution in [0.3, 0.4) is 0 Å². The summed E-state index contributed by atoms with van der Waals surface area (Å²) >= 11 is 0. The number of benzene rings is 1. The van der Waals surface area contributed by atoms with Crippen molar-refractivity contribution in [3.63, 3.8) is 0 Å². The summed E-state index contributed by atoms with van der Waals surface area (Å²) in [5, 5.41) is 11.7. The molecular formula is C24H33N3O2. The van der Waals surface area contributed by atoms with Crippen LogP contribution in [-0.2, 0) is 19.2 Å². The fourth-order valence-electron chi connectivity index (χ4n) is 5.96. The molecule has 1 N–H and O–H groups in total. The zero-order valence-electron chi connectivity index (χ0n) is 17.5. The molecule has 2 saturated carbocycles. The average Bonchev–Trinajstić information content (AvgIpc) is 3.35. The van der Waals surface area contributed by atoms with E-state index < -0.39 is 5.60 Å². The van der Waals surface area contributed by atoms with Gasteiger partial charge in [0.25, 0.3) is 0 Å². The lowest BCUT2D eigenvalue weighted by Gasteiger charge is -2.52. The molecule has 5 nitrogen and oxygen atoms in total. The van der Waals surface area contributed by atoms with E-state index in [-0.39, 0.29) is 11.8 Å². The van der Waals surface area contributed by atoms with Crippen molar-refractivity contribution in [2.75, 3.05) is 13.1 Å². The molecule has 0 spiro atoms. The Morgan fingerprint density at radius 1 is 1.10 bits per heavy atom. The maximum Gasteiger partial charge on any atom is 0.141 e. The summed E-state index contributed by atoms with van der Waals surface area (Å²) in [6.07, 6.45) is 12.5. The van der Waals surface area contributed by atoms with Crippen molar-refractivity contribution >= 4 is 0 Å². The molecule has 2 heterocycles. The van der Waals surface area contributed by atoms with Crippen LogP contribution < -0.4 is 4.74 Å². The highest BCUT2D eigenvalue weighted by molar-refractivity contribution is 5.29. The Labute approximate surface area is 173 Å². The van der Waals surface area contributed by atoms with Gasteiger partial charge in [-0.1, -0.05) is 18.6 Å². The molecule has 29 heavy (non-hydrogen) atoms. The first-order chi connectivity index (χ1) is 14.1. The lowest BCUT2D eigenvalue weighted by atomic mass is 9.65. The molecule has 2 aromatic rings. The van der Waals surface area contributed by atoms with E-state index in [9.17, 15) is 5.11 Å². The minimum absolute atomic E-state index is 0.244. The van der Waals surface area contributed by atoms with Crippen molar-refractivity contribution in [2.24, 2.45) is 18.9 Å². The molecule has 5 heteroatoms. The number of nitrogens with zero attached hydrogens (tertiary/aromatic N) is 3. The number of rotatable bonds is 5. The van der Waals surface area contributed by atoms with Crippen molar-refractivity contribution < 1.29 is 9.84 Å². The lowest BCUT2D eigenvalue weighted by molar-refractivity contribution is -0.155. The summed E-state index contributed by atoms with van der Waals surface area (Å²) < 4.78 is 8.21. The van der Waals surface area contributed by atoms with Gasteiger partial charge in [-0.3, -0.25) is 4.90 Å². The number of imidazole rings is 1. The van der Waals surface area contributed by atoms with Gasteiger partial charge in [0.15, 0.2) is 0 Å². The highest BCUT2D eigenvalue weighted by Crippen LogP contribution is 2.48. The second kappa shape index (κ2) is 7.77. The Hall–Kier alpha value is -1.85. The van der Waals surface area contributed by atoms with E-state index in [4.69, 9.17) is 4.74 Å². The summed E-state index contributed by atoms with van der Waals surface area (Å²) in [5.41, 5.74) is 0.515. The van der Waals surface area contributed by atoms with Gasteiger partial charge in [-0.25, -0.2) is 4.98 Å². The summed E-state index contributed by atoms with van der Waals surface area (Å²) in [6, 6.07) is 8.63. The molecule has 1 saturated heterocycles. The number of piperidine rings is 1. The summed E-state index contributed by atoms with van der Waals surface area (Å²) in [5.74, 6) is 2.35. The van der Waals surface area contributed by atoms with Crippen LogP contribution in [0.1, 0.15) is 56.3 Å². The van der Waals surface area contributed by atoms with Crippen LogP contribution in [0.4, 0.5) is 0 Å². The number of fused-ring (bicyclic) bond motifs is 2. The van der Waals surface area contributed by atoms with Crippen LogP contribution in [0.2, 0.25) is 0 Å². The molecule has 3 aliphatic rings. The molecule has 3 atom stereocenters. The summed E-state index contributed by atoms with van der Waals surface area (Å²) in [6.45, 7) is 2.77. The van der Waals surface area contributed by atoms with Gasteiger partial charge >= 0.3 is 0 Å². The van der Waals surface area contributed by atoms with Crippen LogP contribution in [0.25, 0.3) is 0 Å². The third-order valence-electron chi connectivity index (χ3n) is 7.40. The fourth-order valence-corrected chi connectivity index (χ4v) is 5.96. The third-order valence-corrected chi connectivity index (χ3v) is 7.40. The first-order valence-electron chi connectivity index (χ1n) is 11.3. The first-order valence-corrected chi connectivity index (χ1v) is 11.3. The average molecular weight is 396 g/mol. The Balaban J connectivity index is 1.30. The monoisotopic (exact) mass is 395 g/mol. The van der Waals surface area contributed by atoms with Gasteiger partial charge in [0.2, 0.25) is 0 Å². The molecule has 2 bridgehead atoms. The number of hydrogen-bond acceptors (Lipinski definition) is 4. The largest absolute Gasteiger partial charge is 0.490 e. The van der Waals surface area contributed by atoms with E-state index >= 15 is 0 Å². The van der Waals surface area contributed by atoms with E-state index in [2.05, 4.69) is 34.1 Å². The smallest absolute Gasteiger partial charge is 0.141 e. The Morgan fingerprint density at radius 2 is 1.86 bits per heavy atom. The van der Waals surface area contributed by atoms with E-state index in [1.807, 2.05) is 24.0 Å². The molecular weight excluding hydrogens is 362 g/mol. The second-order valence-electron chi connectivity index (χ2n) is 9.38. The van der Waals surface area contributed by atoms with Gasteiger partial charge in [0.1, 0.15) is 17.2 Å². The van der Waals surface area contributed by atoms with Crippen LogP contribution >= 0.6 is 0 Å². The van der Waals surface area contributed by atoms with Gasteiger partial charge < -0.3 is 14.4 Å². The quantitative estimate of drug-likeness (QED) is 0.835. The van der Waals surface area contributed by atoms with Gasteiger partial charge in [-0.15, -0.1) is 0 Å². The molecule has 156 valence electrons. The molecule has 3 fully saturated rings. The van der Waals surface area contributed by atoms with Crippen LogP contribution in [0.5, 0.6) is 5.75 Å². The molecule has 1 unspecified atom stereocenters. The number of ether oxygens (including phenoxy) is 1. The zero-order chi connectivity index (χ0) is 19.8. The fraction of sp³-hybridized carbons (Fsp3) is 0.625. The molecule has 1 aliphatic heterocycles. The Morgan fingerprint density at radius 3 is 2.55 bits per heavy atom. The topological polar surface area (TPSA) is 50.5 Å². The third kappa shape index (κ3) is 3.59. The SMILES string of the molecule is Cn1ccnc1C1(O)[C@@H]2CCC[C@H]1CN(Cc1cccc(OC3CCCC3)c1)C2. The zero-order valence-corrected chi connectivity index (χ0v) is 17.5. The number of aromatic nitrogens is 2. The molecule has 2 aliphatic carbocycles. The van der Waals surface area contributed by atoms with Crippen molar-refractivity contribution in [1.82, 2.24) is 14.5 Å². The number of aryl methyl sites for hydroxylation is 1. The normalized spacial score (nSPS) is 30.6. The second-order valence-corrected chi connectivity index (χ2v) is 9.38. The van der Waals surface area contributed by atoms with Gasteiger partial charge in [0, 0.05) is 50.9 Å². The number of likely N-dealkylation sites (tertiary alicyclic amines) is 1. The predicted molar refractivity (Wildman–Crippen MR) is 113 cm³/mol. The molecule has 5 rings (SSSR count). The minimum Gasteiger partial charge on any atom is -0.490 e. The van der Waals surface area contributed by atoms with Crippen molar-refractivity contribution in [1.29, 1.82) is 0 Å². The highest BCUT2D eigenvalue weighted by Gasteiger charge is 2.53. The standard InChI is InChI=1S/C24H33N3O2/c1-26-13-12-25-23(26)24(28)19-7-5-8-20(24)17-27(16-19)15-18-6-4-11-22(14-18)29-21-9-2-3-10-21/h4,6,11-14,19-21,28H,2-3,5,7-10,15-17H2,1H3/t19-,20+,24?. The van der Waals surface area contributed by atoms with Gasteiger partial charge in [0.05, 0.1) is 6.10 Å².